The highest BCUT2D eigenvalue weighted by molar-refractivity contribution is 7.99. The Labute approximate surface area is 130 Å². The highest BCUT2D eigenvalue weighted by atomic mass is 32.2. The van der Waals surface area contributed by atoms with Crippen molar-refractivity contribution >= 4 is 39.7 Å². The third-order valence-electron chi connectivity index (χ3n) is 2.53. The van der Waals surface area contributed by atoms with Crippen molar-refractivity contribution in [1.29, 1.82) is 0 Å². The lowest BCUT2D eigenvalue weighted by molar-refractivity contribution is 0.0963. The third-order valence-corrected chi connectivity index (χ3v) is 4.65. The molecule has 1 amide bonds. The topological polar surface area (TPSA) is 106 Å². The van der Waals surface area contributed by atoms with Gasteiger partial charge in [0, 0.05) is 6.54 Å². The number of thiophene rings is 1. The molecule has 0 radical (unpaired) electrons. The number of aromatic nitrogens is 2. The lowest BCUT2D eigenvalue weighted by atomic mass is 10.3. The highest BCUT2D eigenvalue weighted by Crippen LogP contribution is 2.41. The fourth-order valence-electron chi connectivity index (χ4n) is 1.59. The van der Waals surface area contributed by atoms with Crippen LogP contribution in [0, 0.1) is 0 Å². The van der Waals surface area contributed by atoms with Crippen LogP contribution in [0.15, 0.2) is 28.5 Å². The molecule has 112 valence electrons. The maximum absolute atomic E-state index is 12.0. The average Bonchev–Trinajstić information content (AvgIpc) is 3.10. The van der Waals surface area contributed by atoms with E-state index >= 15 is 0 Å². The first kappa shape index (κ1) is 15.4. The molecule has 0 fully saturated rings. The fraction of sp³-hybridized carbons (Fsp3) is 0.250. The summed E-state index contributed by atoms with van der Waals surface area (Å²) in [5.74, 6) is 0.326. The molecule has 2 heterocycles. The number of nitrogen functional groups attached to an aromatic ring is 1. The zero-order chi connectivity index (χ0) is 15.2. The van der Waals surface area contributed by atoms with Crippen LogP contribution in [0.2, 0.25) is 0 Å². The van der Waals surface area contributed by atoms with Gasteiger partial charge in [-0.25, -0.2) is 0 Å². The van der Waals surface area contributed by atoms with E-state index in [1.54, 1.807) is 6.08 Å². The van der Waals surface area contributed by atoms with Crippen LogP contribution in [0.3, 0.4) is 0 Å². The summed E-state index contributed by atoms with van der Waals surface area (Å²) in [6, 6.07) is 0. The average molecular weight is 325 g/mol. The second-order valence-electron chi connectivity index (χ2n) is 3.91. The Morgan fingerprint density at radius 3 is 3.10 bits per heavy atom. The molecule has 2 aromatic rings. The van der Waals surface area contributed by atoms with Crippen molar-refractivity contribution in [2.75, 3.05) is 23.9 Å². The number of amides is 1. The SMILES string of the molecule is C=CCNC(=O)c1sc(NCc2ncon2)c(SC)c1N. The van der Waals surface area contributed by atoms with Crippen LogP contribution >= 0.6 is 23.1 Å². The van der Waals surface area contributed by atoms with Gasteiger partial charge in [0.2, 0.25) is 6.39 Å². The van der Waals surface area contributed by atoms with E-state index in [2.05, 4.69) is 31.9 Å². The number of nitrogens with one attached hydrogen (secondary N) is 2. The standard InChI is InChI=1S/C12H15N5O2S2/c1-3-4-14-11(18)9-8(13)10(20-2)12(21-9)15-5-7-16-6-19-17-7/h3,6,15H,1,4-5,13H2,2H3,(H,14,18). The molecule has 4 N–H and O–H groups in total. The minimum Gasteiger partial charge on any atom is -0.396 e. The Balaban J connectivity index is 2.16. The van der Waals surface area contributed by atoms with Gasteiger partial charge in [-0.3, -0.25) is 4.79 Å². The number of hydrogen-bond acceptors (Lipinski definition) is 8. The lowest BCUT2D eigenvalue weighted by Gasteiger charge is -2.03. The molecule has 9 heteroatoms. The van der Waals surface area contributed by atoms with E-state index in [0.29, 0.717) is 29.5 Å². The van der Waals surface area contributed by atoms with Gasteiger partial charge in [0.15, 0.2) is 5.82 Å². The summed E-state index contributed by atoms with van der Waals surface area (Å²) >= 11 is 2.78. The molecule has 2 aromatic heterocycles. The number of thioether (sulfide) groups is 1. The molecule has 21 heavy (non-hydrogen) atoms. The molecule has 0 aliphatic rings. The van der Waals surface area contributed by atoms with E-state index in [4.69, 9.17) is 5.73 Å². The normalized spacial score (nSPS) is 10.3. The first-order valence-corrected chi connectivity index (χ1v) is 8.06. The monoisotopic (exact) mass is 325 g/mol. The molecule has 7 nitrogen and oxygen atoms in total. The van der Waals surface area contributed by atoms with Crippen molar-refractivity contribution in [2.45, 2.75) is 11.4 Å². The van der Waals surface area contributed by atoms with Gasteiger partial charge in [-0.1, -0.05) is 11.2 Å². The van der Waals surface area contributed by atoms with Crippen LogP contribution in [0.5, 0.6) is 0 Å². The van der Waals surface area contributed by atoms with Crippen LogP contribution in [0.1, 0.15) is 15.5 Å². The van der Waals surface area contributed by atoms with Gasteiger partial charge in [-0.05, 0) is 6.26 Å². The number of anilines is 2. The van der Waals surface area contributed by atoms with Crippen molar-refractivity contribution in [1.82, 2.24) is 15.5 Å². The Hall–Kier alpha value is -2.00. The maximum atomic E-state index is 12.0. The van der Waals surface area contributed by atoms with Gasteiger partial charge >= 0.3 is 0 Å². The fourth-order valence-corrected chi connectivity index (χ4v) is 3.54. The van der Waals surface area contributed by atoms with Crippen molar-refractivity contribution in [3.8, 4) is 0 Å². The first-order valence-electron chi connectivity index (χ1n) is 6.01. The van der Waals surface area contributed by atoms with Crippen LogP contribution in [0.4, 0.5) is 10.7 Å². The number of carbonyl (C=O) groups excluding carboxylic acids is 1. The summed E-state index contributed by atoms with van der Waals surface area (Å²) in [5, 5.41) is 10.4. The Morgan fingerprint density at radius 1 is 1.67 bits per heavy atom. The van der Waals surface area contributed by atoms with E-state index in [1.165, 1.54) is 29.5 Å². The number of rotatable bonds is 7. The smallest absolute Gasteiger partial charge is 0.263 e. The minimum absolute atomic E-state index is 0.208. The molecule has 0 atom stereocenters. The van der Waals surface area contributed by atoms with Gasteiger partial charge < -0.3 is 20.9 Å². The predicted molar refractivity (Wildman–Crippen MR) is 84.7 cm³/mol. The number of carbonyl (C=O) groups is 1. The maximum Gasteiger partial charge on any atom is 0.263 e. The van der Waals surface area contributed by atoms with Crippen molar-refractivity contribution in [2.24, 2.45) is 0 Å². The van der Waals surface area contributed by atoms with Crippen molar-refractivity contribution < 1.29 is 9.32 Å². The third kappa shape index (κ3) is 3.56. The second kappa shape index (κ2) is 7.14. The molecular weight excluding hydrogens is 310 g/mol. The lowest BCUT2D eigenvalue weighted by Crippen LogP contribution is -2.23. The quantitative estimate of drug-likeness (QED) is 0.528. The zero-order valence-electron chi connectivity index (χ0n) is 11.4. The Bertz CT molecular complexity index is 624. The van der Waals surface area contributed by atoms with Gasteiger partial charge in [0.05, 0.1) is 17.1 Å². The molecule has 0 bridgehead atoms. The molecule has 0 aliphatic carbocycles. The second-order valence-corrected chi connectivity index (χ2v) is 5.74. The molecule has 0 aromatic carbocycles. The Kier molecular flexibility index (Phi) is 5.23. The van der Waals surface area contributed by atoms with Gasteiger partial charge in [0.25, 0.3) is 5.91 Å². The molecule has 0 saturated heterocycles. The van der Waals surface area contributed by atoms with Crippen molar-refractivity contribution in [3.05, 3.63) is 29.8 Å². The molecule has 0 spiro atoms. The summed E-state index contributed by atoms with van der Waals surface area (Å²) < 4.78 is 4.67. The molecule has 0 aliphatic heterocycles. The van der Waals surface area contributed by atoms with Crippen LogP contribution in [-0.4, -0.2) is 28.8 Å². The van der Waals surface area contributed by atoms with Gasteiger partial charge in [-0.2, -0.15) is 4.98 Å². The Morgan fingerprint density at radius 2 is 2.48 bits per heavy atom. The largest absolute Gasteiger partial charge is 0.396 e. The summed E-state index contributed by atoms with van der Waals surface area (Å²) in [5.41, 5.74) is 6.53. The van der Waals surface area contributed by atoms with Crippen LogP contribution < -0.4 is 16.4 Å². The van der Waals surface area contributed by atoms with Crippen LogP contribution in [0.25, 0.3) is 0 Å². The predicted octanol–water partition coefficient (Wildman–Crippen LogP) is 1.96. The summed E-state index contributed by atoms with van der Waals surface area (Å²) in [7, 11) is 0. The highest BCUT2D eigenvalue weighted by Gasteiger charge is 2.20. The van der Waals surface area contributed by atoms with E-state index in [0.717, 1.165) is 9.90 Å². The van der Waals surface area contributed by atoms with Crippen molar-refractivity contribution in [3.63, 3.8) is 0 Å². The first-order chi connectivity index (χ1) is 10.2. The summed E-state index contributed by atoms with van der Waals surface area (Å²) in [4.78, 5) is 17.3. The number of nitrogens with zero attached hydrogens (tertiary/aromatic N) is 2. The van der Waals surface area contributed by atoms with Crippen LogP contribution in [-0.2, 0) is 6.54 Å². The van der Waals surface area contributed by atoms with E-state index in [1.807, 2.05) is 6.26 Å². The van der Waals surface area contributed by atoms with Gasteiger partial charge in [-0.15, -0.1) is 29.7 Å². The van der Waals surface area contributed by atoms with E-state index in [-0.39, 0.29) is 5.91 Å². The molecule has 0 saturated carbocycles. The zero-order valence-corrected chi connectivity index (χ0v) is 13.0. The minimum atomic E-state index is -0.208. The summed E-state index contributed by atoms with van der Waals surface area (Å²) in [6.07, 6.45) is 4.79. The number of hydrogen-bond donors (Lipinski definition) is 3. The van der Waals surface area contributed by atoms with E-state index < -0.39 is 0 Å². The number of nitrogens with two attached hydrogens (primary N) is 1. The van der Waals surface area contributed by atoms with E-state index in [9.17, 15) is 4.79 Å². The summed E-state index contributed by atoms with van der Waals surface area (Å²) in [6.45, 7) is 4.36. The molecular formula is C12H15N5O2S2. The molecule has 0 unspecified atom stereocenters. The molecule has 2 rings (SSSR count). The van der Waals surface area contributed by atoms with Gasteiger partial charge in [0.1, 0.15) is 9.88 Å².